The molecule has 5 rings (SSSR count). The summed E-state index contributed by atoms with van der Waals surface area (Å²) < 4.78 is 6.62. The van der Waals surface area contributed by atoms with E-state index in [1.165, 1.54) is 0 Å². The lowest BCUT2D eigenvalue weighted by atomic mass is 9.71. The summed E-state index contributed by atoms with van der Waals surface area (Å²) in [6.07, 6.45) is 8.06. The smallest absolute Gasteiger partial charge is 0.310 e. The molecule has 4 heterocycles. The zero-order valence-electron chi connectivity index (χ0n) is 25.1. The van der Waals surface area contributed by atoms with E-state index in [2.05, 4.69) is 23.5 Å². The molecule has 0 aliphatic carbocycles. The lowest BCUT2D eigenvalue weighted by Crippen LogP contribution is -2.58. The fourth-order valence-corrected chi connectivity index (χ4v) is 9.39. The largest absolute Gasteiger partial charge is 0.465 e. The number of unbranched alkanes of at least 4 members (excludes halogenated alkanes) is 2. The Kier molecular flexibility index (Phi) is 9.60. The minimum atomic E-state index is -0.841. The molecule has 232 valence electrons. The fourth-order valence-electron chi connectivity index (χ4n) is 7.20. The predicted octanol–water partition coefficient (Wildman–Crippen LogP) is 3.80. The van der Waals surface area contributed by atoms with Gasteiger partial charge in [0, 0.05) is 11.8 Å². The number of benzene rings is 1. The first kappa shape index (κ1) is 31.3. The minimum Gasteiger partial charge on any atom is -0.465 e. The van der Waals surface area contributed by atoms with Gasteiger partial charge in [0.2, 0.25) is 11.8 Å². The molecular weight excluding hydrogens is 566 g/mol. The Morgan fingerprint density at radius 2 is 2.07 bits per heavy atom. The Hall–Kier alpha value is -3.18. The van der Waals surface area contributed by atoms with E-state index in [-0.39, 0.29) is 48.8 Å². The van der Waals surface area contributed by atoms with Gasteiger partial charge in [-0.1, -0.05) is 49.8 Å². The highest BCUT2D eigenvalue weighted by Crippen LogP contribution is 2.67. The second-order valence-electron chi connectivity index (χ2n) is 12.0. The molecule has 1 spiro atoms. The number of rotatable bonds is 15. The van der Waals surface area contributed by atoms with Crippen molar-refractivity contribution in [3.8, 4) is 0 Å². The van der Waals surface area contributed by atoms with Crippen molar-refractivity contribution in [1.82, 2.24) is 24.8 Å². The molecule has 1 aromatic heterocycles. The van der Waals surface area contributed by atoms with Crippen molar-refractivity contribution in [3.05, 3.63) is 49.6 Å². The molecule has 2 unspecified atom stereocenters. The SMILES string of the molecule is C=CCCCCOC(=O)[C@@H]1[C@@H]2CCC3(S2)C(C(=O)N(CC=C)Cn2nnc4ccccc42)N([C@@H](CO)[C@@H](C)CC)C(=O)[C@H]13. The van der Waals surface area contributed by atoms with Crippen LogP contribution < -0.4 is 0 Å². The van der Waals surface area contributed by atoms with Gasteiger partial charge in [-0.25, -0.2) is 4.68 Å². The second kappa shape index (κ2) is 13.2. The Morgan fingerprint density at radius 3 is 2.79 bits per heavy atom. The van der Waals surface area contributed by atoms with Gasteiger partial charge < -0.3 is 19.6 Å². The molecule has 10 nitrogen and oxygen atoms in total. The summed E-state index contributed by atoms with van der Waals surface area (Å²) >= 11 is 1.60. The number of esters is 1. The standard InChI is InChI=1S/C32H43N5O5S/c1-5-8-9-12-18-42-31(41)26-25-15-16-32(43-25)27(26)29(39)37(24(19-38)21(4)7-3)28(32)30(40)35(17-6-2)20-36-23-14-11-10-13-22(23)33-34-36/h5-6,10-11,13-14,21,24-28,38H,1-2,7-9,12,15-20H2,3-4H3/t21-,24-,25-,26+,27-,28?,32?/m0/s1. The number of likely N-dealkylation sites (tertiary alicyclic amines) is 1. The first-order chi connectivity index (χ1) is 20.8. The van der Waals surface area contributed by atoms with Crippen LogP contribution in [0.2, 0.25) is 0 Å². The summed E-state index contributed by atoms with van der Waals surface area (Å²) in [4.78, 5) is 46.1. The van der Waals surface area contributed by atoms with Gasteiger partial charge in [0.05, 0.1) is 41.4 Å². The molecule has 7 atom stereocenters. The molecule has 1 N–H and O–H groups in total. The number of carbonyl (C=O) groups is 3. The summed E-state index contributed by atoms with van der Waals surface area (Å²) in [5.74, 6) is -2.17. The van der Waals surface area contributed by atoms with Gasteiger partial charge in [-0.2, -0.15) is 0 Å². The predicted molar refractivity (Wildman–Crippen MR) is 166 cm³/mol. The highest BCUT2D eigenvalue weighted by Gasteiger charge is 2.75. The highest BCUT2D eigenvalue weighted by atomic mass is 32.2. The first-order valence-electron chi connectivity index (χ1n) is 15.4. The van der Waals surface area contributed by atoms with Crippen molar-refractivity contribution >= 4 is 40.6 Å². The van der Waals surface area contributed by atoms with Crippen molar-refractivity contribution < 1.29 is 24.2 Å². The summed E-state index contributed by atoms with van der Waals surface area (Å²) in [6, 6.07) is 6.15. The highest BCUT2D eigenvalue weighted by molar-refractivity contribution is 8.02. The maximum atomic E-state index is 14.8. The van der Waals surface area contributed by atoms with Gasteiger partial charge in [0.25, 0.3) is 0 Å². The summed E-state index contributed by atoms with van der Waals surface area (Å²) in [5, 5.41) is 19.1. The monoisotopic (exact) mass is 609 g/mol. The van der Waals surface area contributed by atoms with Gasteiger partial charge in [-0.3, -0.25) is 14.4 Å². The molecule has 3 saturated heterocycles. The molecule has 43 heavy (non-hydrogen) atoms. The molecule has 2 bridgehead atoms. The van der Waals surface area contributed by atoms with E-state index in [0.29, 0.717) is 13.0 Å². The van der Waals surface area contributed by atoms with Crippen LogP contribution in [0.3, 0.4) is 0 Å². The van der Waals surface area contributed by atoms with Gasteiger partial charge >= 0.3 is 5.97 Å². The summed E-state index contributed by atoms with van der Waals surface area (Å²) in [6.45, 7) is 12.0. The molecule has 11 heteroatoms. The zero-order chi connectivity index (χ0) is 30.7. The molecule has 0 radical (unpaired) electrons. The number of para-hydroxylation sites is 1. The van der Waals surface area contributed by atoms with Crippen molar-refractivity contribution in [2.45, 2.75) is 81.1 Å². The van der Waals surface area contributed by atoms with Crippen molar-refractivity contribution in [2.75, 3.05) is 19.8 Å². The normalized spacial score (nSPS) is 27.2. The second-order valence-corrected chi connectivity index (χ2v) is 13.6. The van der Waals surface area contributed by atoms with Crippen LogP contribution in [0, 0.1) is 17.8 Å². The van der Waals surface area contributed by atoms with E-state index in [9.17, 15) is 19.5 Å². The van der Waals surface area contributed by atoms with E-state index in [1.54, 1.807) is 32.3 Å². The lowest BCUT2D eigenvalue weighted by Gasteiger charge is -2.41. The van der Waals surface area contributed by atoms with Crippen LogP contribution in [0.25, 0.3) is 11.0 Å². The van der Waals surface area contributed by atoms with E-state index in [0.717, 1.165) is 43.1 Å². The number of hydrogen-bond donors (Lipinski definition) is 1. The number of aliphatic hydroxyl groups excluding tert-OH is 1. The number of allylic oxidation sites excluding steroid dienone is 1. The van der Waals surface area contributed by atoms with Crippen LogP contribution >= 0.6 is 11.8 Å². The first-order valence-corrected chi connectivity index (χ1v) is 16.3. The Bertz CT molecular complexity index is 1360. The van der Waals surface area contributed by atoms with E-state index < -0.39 is 28.7 Å². The van der Waals surface area contributed by atoms with E-state index in [1.807, 2.05) is 44.2 Å². The maximum absolute atomic E-state index is 14.8. The van der Waals surface area contributed by atoms with Crippen molar-refractivity contribution in [1.29, 1.82) is 0 Å². The number of aliphatic hydroxyl groups is 1. The van der Waals surface area contributed by atoms with Crippen LogP contribution in [0.15, 0.2) is 49.6 Å². The number of nitrogens with zero attached hydrogens (tertiary/aromatic N) is 5. The fraction of sp³-hybridized carbons (Fsp3) is 0.594. The third-order valence-corrected chi connectivity index (χ3v) is 11.5. The number of carbonyl (C=O) groups excluding carboxylic acids is 3. The summed E-state index contributed by atoms with van der Waals surface area (Å²) in [7, 11) is 0. The molecule has 2 aromatic rings. The van der Waals surface area contributed by atoms with Crippen LogP contribution in [0.5, 0.6) is 0 Å². The van der Waals surface area contributed by atoms with E-state index >= 15 is 0 Å². The number of hydrogen-bond acceptors (Lipinski definition) is 8. The van der Waals surface area contributed by atoms with Crippen LogP contribution in [0.4, 0.5) is 0 Å². The quantitative estimate of drug-likeness (QED) is 0.184. The third-order valence-electron chi connectivity index (χ3n) is 9.52. The topological polar surface area (TPSA) is 118 Å². The molecule has 3 aliphatic rings. The van der Waals surface area contributed by atoms with Crippen molar-refractivity contribution in [2.24, 2.45) is 17.8 Å². The van der Waals surface area contributed by atoms with Gasteiger partial charge in [-0.05, 0) is 50.2 Å². The molecular formula is C32H43N5O5S. The Morgan fingerprint density at radius 1 is 1.28 bits per heavy atom. The molecule has 3 fully saturated rings. The number of fused-ring (bicyclic) bond motifs is 2. The number of ether oxygens (including phenoxy) is 1. The lowest BCUT2D eigenvalue weighted by molar-refractivity contribution is -0.155. The van der Waals surface area contributed by atoms with Gasteiger partial charge in [0.15, 0.2) is 0 Å². The van der Waals surface area contributed by atoms with Gasteiger partial charge in [-0.15, -0.1) is 30.0 Å². The molecule has 0 saturated carbocycles. The van der Waals surface area contributed by atoms with Crippen LogP contribution in [-0.2, 0) is 25.8 Å². The average molecular weight is 610 g/mol. The Balaban J connectivity index is 1.49. The molecule has 1 aromatic carbocycles. The molecule has 3 aliphatic heterocycles. The number of amides is 2. The van der Waals surface area contributed by atoms with Crippen LogP contribution in [-0.4, -0.2) is 89.5 Å². The molecule has 2 amide bonds. The minimum absolute atomic E-state index is 0.0518. The Labute approximate surface area is 257 Å². The maximum Gasteiger partial charge on any atom is 0.310 e. The van der Waals surface area contributed by atoms with E-state index in [4.69, 9.17) is 4.74 Å². The zero-order valence-corrected chi connectivity index (χ0v) is 26.0. The third kappa shape index (κ3) is 5.50. The van der Waals surface area contributed by atoms with Crippen LogP contribution in [0.1, 0.15) is 52.4 Å². The summed E-state index contributed by atoms with van der Waals surface area (Å²) in [5.41, 5.74) is 1.51. The van der Waals surface area contributed by atoms with Gasteiger partial charge in [0.1, 0.15) is 18.2 Å². The average Bonchev–Trinajstić information content (AvgIpc) is 3.76. The van der Waals surface area contributed by atoms with Crippen molar-refractivity contribution in [3.63, 3.8) is 0 Å². The number of aromatic nitrogens is 3. The number of thioether (sulfide) groups is 1.